The van der Waals surface area contributed by atoms with Crippen LogP contribution < -0.4 is 5.32 Å². The van der Waals surface area contributed by atoms with Gasteiger partial charge in [0.1, 0.15) is 0 Å². The Morgan fingerprint density at radius 1 is 1.24 bits per heavy atom. The van der Waals surface area contributed by atoms with Gasteiger partial charge < -0.3 is 5.32 Å². The molecule has 2 unspecified atom stereocenters. The average molecular weight is 258 g/mol. The highest BCUT2D eigenvalue weighted by Crippen LogP contribution is 2.28. The number of rotatable bonds is 6. The summed E-state index contributed by atoms with van der Waals surface area (Å²) >= 11 is 1.96. The first kappa shape index (κ1) is 15.3. The van der Waals surface area contributed by atoms with E-state index in [1.807, 2.05) is 11.8 Å². The van der Waals surface area contributed by atoms with E-state index in [0.717, 1.165) is 6.54 Å². The molecule has 0 saturated carbocycles. The molecule has 2 atom stereocenters. The van der Waals surface area contributed by atoms with Crippen LogP contribution in [0.5, 0.6) is 0 Å². The Labute approximate surface area is 112 Å². The minimum absolute atomic E-state index is 0.314. The van der Waals surface area contributed by atoms with Gasteiger partial charge >= 0.3 is 0 Å². The highest BCUT2D eigenvalue weighted by atomic mass is 32.2. The molecule has 0 aliphatic carbocycles. The van der Waals surface area contributed by atoms with Crippen molar-refractivity contribution in [1.82, 2.24) is 10.2 Å². The van der Waals surface area contributed by atoms with Crippen molar-refractivity contribution in [3.05, 3.63) is 0 Å². The molecule has 0 spiro atoms. The van der Waals surface area contributed by atoms with E-state index in [9.17, 15) is 0 Å². The van der Waals surface area contributed by atoms with E-state index in [4.69, 9.17) is 0 Å². The summed E-state index contributed by atoms with van der Waals surface area (Å²) < 4.78 is 0. The molecule has 102 valence electrons. The van der Waals surface area contributed by atoms with Crippen molar-refractivity contribution in [2.75, 3.05) is 31.6 Å². The van der Waals surface area contributed by atoms with Gasteiger partial charge in [-0.15, -0.1) is 0 Å². The molecule has 1 aliphatic heterocycles. The monoisotopic (exact) mass is 258 g/mol. The Kier molecular flexibility index (Phi) is 5.81. The summed E-state index contributed by atoms with van der Waals surface area (Å²) in [5.41, 5.74) is 0.668. The third-order valence-electron chi connectivity index (χ3n) is 4.52. The number of piperazine rings is 1. The molecule has 17 heavy (non-hydrogen) atoms. The second-order valence-electron chi connectivity index (χ2n) is 5.89. The molecule has 0 radical (unpaired) electrons. The van der Waals surface area contributed by atoms with E-state index >= 15 is 0 Å². The van der Waals surface area contributed by atoms with Crippen molar-refractivity contribution in [2.24, 2.45) is 0 Å². The zero-order valence-electron chi connectivity index (χ0n) is 12.3. The topological polar surface area (TPSA) is 15.3 Å². The summed E-state index contributed by atoms with van der Waals surface area (Å²) in [6, 6.07) is 0. The molecule has 1 rings (SSSR count). The zero-order chi connectivity index (χ0) is 12.9. The van der Waals surface area contributed by atoms with E-state index < -0.39 is 0 Å². The summed E-state index contributed by atoms with van der Waals surface area (Å²) in [4.78, 5) is 2.73. The maximum absolute atomic E-state index is 3.76. The Hall–Kier alpha value is 0.270. The number of hydrogen-bond acceptors (Lipinski definition) is 3. The van der Waals surface area contributed by atoms with Gasteiger partial charge in [0.05, 0.1) is 0 Å². The normalized spacial score (nSPS) is 35.1. The standard InChI is InChI=1S/C14H30N2S/c1-6-13(3)12-16(9-8-10-17-5)14(4,7-2)11-15-13/h15H,6-12H2,1-5H3. The minimum atomic E-state index is 0.314. The molecule has 0 bridgehead atoms. The quantitative estimate of drug-likeness (QED) is 0.737. The van der Waals surface area contributed by atoms with Crippen LogP contribution in [-0.2, 0) is 0 Å². The van der Waals surface area contributed by atoms with Crippen LogP contribution in [0.3, 0.4) is 0 Å². The number of nitrogens with one attached hydrogen (secondary N) is 1. The smallest absolute Gasteiger partial charge is 0.0304 e. The van der Waals surface area contributed by atoms with Gasteiger partial charge in [0.25, 0.3) is 0 Å². The predicted octanol–water partition coefficient (Wildman–Crippen LogP) is 2.98. The van der Waals surface area contributed by atoms with Gasteiger partial charge in [-0.05, 0) is 51.7 Å². The van der Waals surface area contributed by atoms with Crippen LogP contribution >= 0.6 is 11.8 Å². The average Bonchev–Trinajstić information content (AvgIpc) is 2.34. The first-order valence-electron chi connectivity index (χ1n) is 6.98. The van der Waals surface area contributed by atoms with Gasteiger partial charge in [0, 0.05) is 24.2 Å². The van der Waals surface area contributed by atoms with Crippen molar-refractivity contribution >= 4 is 11.8 Å². The first-order valence-corrected chi connectivity index (χ1v) is 8.38. The van der Waals surface area contributed by atoms with Crippen molar-refractivity contribution in [2.45, 2.75) is 58.0 Å². The maximum atomic E-state index is 3.76. The second-order valence-corrected chi connectivity index (χ2v) is 6.87. The third kappa shape index (κ3) is 3.87. The molecule has 1 saturated heterocycles. The molecule has 1 aliphatic rings. The minimum Gasteiger partial charge on any atom is -0.308 e. The van der Waals surface area contributed by atoms with Crippen molar-refractivity contribution in [3.8, 4) is 0 Å². The summed E-state index contributed by atoms with van der Waals surface area (Å²) in [6.07, 6.45) is 5.97. The highest BCUT2D eigenvalue weighted by molar-refractivity contribution is 7.98. The summed E-state index contributed by atoms with van der Waals surface area (Å²) in [5.74, 6) is 1.28. The van der Waals surface area contributed by atoms with Crippen molar-refractivity contribution < 1.29 is 0 Å². The van der Waals surface area contributed by atoms with Crippen LogP contribution in [0.25, 0.3) is 0 Å². The lowest BCUT2D eigenvalue weighted by Crippen LogP contribution is -2.67. The van der Waals surface area contributed by atoms with Crippen LogP contribution in [0, 0.1) is 0 Å². The number of nitrogens with zero attached hydrogens (tertiary/aromatic N) is 1. The largest absolute Gasteiger partial charge is 0.308 e. The maximum Gasteiger partial charge on any atom is 0.0304 e. The van der Waals surface area contributed by atoms with Crippen molar-refractivity contribution in [1.29, 1.82) is 0 Å². The fraction of sp³-hybridized carbons (Fsp3) is 1.00. The molecular formula is C14H30N2S. The SMILES string of the molecule is CCC1(C)CN(CCCSC)C(C)(CC)CN1. The van der Waals surface area contributed by atoms with E-state index in [0.29, 0.717) is 11.1 Å². The lowest BCUT2D eigenvalue weighted by atomic mass is 9.85. The van der Waals surface area contributed by atoms with Crippen LogP contribution in [0.15, 0.2) is 0 Å². The van der Waals surface area contributed by atoms with Gasteiger partial charge in [0.15, 0.2) is 0 Å². The molecular weight excluding hydrogens is 228 g/mol. The summed E-state index contributed by atoms with van der Waals surface area (Å²) in [5, 5.41) is 3.76. The summed E-state index contributed by atoms with van der Waals surface area (Å²) in [7, 11) is 0. The first-order chi connectivity index (χ1) is 7.99. The van der Waals surface area contributed by atoms with E-state index in [2.05, 4.69) is 44.2 Å². The highest BCUT2D eigenvalue weighted by Gasteiger charge is 2.40. The lowest BCUT2D eigenvalue weighted by molar-refractivity contribution is 0.0174. The zero-order valence-corrected chi connectivity index (χ0v) is 13.1. The van der Waals surface area contributed by atoms with Crippen LogP contribution in [0.1, 0.15) is 47.0 Å². The van der Waals surface area contributed by atoms with Crippen LogP contribution in [-0.4, -0.2) is 47.6 Å². The Morgan fingerprint density at radius 2 is 1.94 bits per heavy atom. The molecule has 0 aromatic heterocycles. The fourth-order valence-electron chi connectivity index (χ4n) is 2.52. The van der Waals surface area contributed by atoms with Gasteiger partial charge in [-0.3, -0.25) is 4.90 Å². The predicted molar refractivity (Wildman–Crippen MR) is 80.0 cm³/mol. The third-order valence-corrected chi connectivity index (χ3v) is 5.21. The molecule has 1 fully saturated rings. The fourth-order valence-corrected chi connectivity index (χ4v) is 2.94. The van der Waals surface area contributed by atoms with Gasteiger partial charge in [-0.25, -0.2) is 0 Å². The second kappa shape index (κ2) is 6.44. The summed E-state index contributed by atoms with van der Waals surface area (Å²) in [6.45, 7) is 13.0. The van der Waals surface area contributed by atoms with Gasteiger partial charge in [-0.1, -0.05) is 13.8 Å². The molecule has 1 N–H and O–H groups in total. The number of thioether (sulfide) groups is 1. The lowest BCUT2D eigenvalue weighted by Gasteiger charge is -2.52. The molecule has 1 heterocycles. The Balaban J connectivity index is 2.63. The Morgan fingerprint density at radius 3 is 2.47 bits per heavy atom. The van der Waals surface area contributed by atoms with Crippen LogP contribution in [0.4, 0.5) is 0 Å². The molecule has 0 aromatic carbocycles. The number of hydrogen-bond donors (Lipinski definition) is 1. The van der Waals surface area contributed by atoms with E-state index in [1.165, 1.54) is 38.1 Å². The van der Waals surface area contributed by atoms with Crippen LogP contribution in [0.2, 0.25) is 0 Å². The molecule has 3 heteroatoms. The molecule has 0 amide bonds. The van der Waals surface area contributed by atoms with Gasteiger partial charge in [0.2, 0.25) is 0 Å². The van der Waals surface area contributed by atoms with Gasteiger partial charge in [-0.2, -0.15) is 11.8 Å². The molecule has 2 nitrogen and oxygen atoms in total. The van der Waals surface area contributed by atoms with E-state index in [-0.39, 0.29) is 0 Å². The Bertz CT molecular complexity index is 234. The van der Waals surface area contributed by atoms with Crippen molar-refractivity contribution in [3.63, 3.8) is 0 Å². The van der Waals surface area contributed by atoms with E-state index in [1.54, 1.807) is 0 Å². The molecule has 0 aromatic rings.